The molecule has 4 nitrogen and oxygen atoms in total. The van der Waals surface area contributed by atoms with Gasteiger partial charge in [0, 0.05) is 11.1 Å². The lowest BCUT2D eigenvalue weighted by Gasteiger charge is -1.96. The first-order chi connectivity index (χ1) is 7.24. The van der Waals surface area contributed by atoms with Crippen molar-refractivity contribution in [1.82, 2.24) is 0 Å². The van der Waals surface area contributed by atoms with Crippen LogP contribution in [0.4, 0.5) is 0 Å². The van der Waals surface area contributed by atoms with E-state index in [9.17, 15) is 0 Å². The van der Waals surface area contributed by atoms with Gasteiger partial charge in [0.05, 0.1) is 6.34 Å². The first kappa shape index (κ1) is 10.8. The Morgan fingerprint density at radius 1 is 1.40 bits per heavy atom. The zero-order valence-corrected chi connectivity index (χ0v) is 8.20. The maximum absolute atomic E-state index is 7.21. The Hall–Kier alpha value is -2.28. The Balaban J connectivity index is 2.71. The zero-order valence-electron chi connectivity index (χ0n) is 8.20. The van der Waals surface area contributed by atoms with E-state index >= 15 is 0 Å². The Labute approximate surface area is 88.5 Å². The Morgan fingerprint density at radius 3 is 2.60 bits per heavy atom. The summed E-state index contributed by atoms with van der Waals surface area (Å²) < 4.78 is 0. The number of rotatable bonds is 2. The molecule has 1 aromatic carbocycles. The average molecular weight is 200 g/mol. The fourth-order valence-corrected chi connectivity index (χ4v) is 0.973. The van der Waals surface area contributed by atoms with Gasteiger partial charge in [0.2, 0.25) is 0 Å². The fraction of sp³-hybridized carbons (Fsp3) is 0.0909. The second kappa shape index (κ2) is 5.45. The van der Waals surface area contributed by atoms with Crippen molar-refractivity contribution in [2.75, 3.05) is 6.54 Å². The van der Waals surface area contributed by atoms with E-state index in [1.165, 1.54) is 6.34 Å². The Morgan fingerprint density at radius 2 is 2.07 bits per heavy atom. The van der Waals surface area contributed by atoms with Crippen molar-refractivity contribution in [3.63, 3.8) is 0 Å². The first-order valence-corrected chi connectivity index (χ1v) is 4.37. The zero-order chi connectivity index (χ0) is 11.1. The number of hydrogen-bond donors (Lipinski definition) is 3. The van der Waals surface area contributed by atoms with Gasteiger partial charge in [0.1, 0.15) is 12.4 Å². The molecule has 5 N–H and O–H groups in total. The van der Waals surface area contributed by atoms with Gasteiger partial charge in [-0.15, -0.1) is 0 Å². The highest BCUT2D eigenvalue weighted by Gasteiger charge is 1.93. The topological polar surface area (TPSA) is 88.2 Å². The van der Waals surface area contributed by atoms with Crippen LogP contribution in [0.3, 0.4) is 0 Å². The molecule has 0 aliphatic carbocycles. The van der Waals surface area contributed by atoms with Gasteiger partial charge in [0.25, 0.3) is 0 Å². The van der Waals surface area contributed by atoms with Crippen LogP contribution in [-0.2, 0) is 0 Å². The van der Waals surface area contributed by atoms with Gasteiger partial charge in [-0.1, -0.05) is 24.0 Å². The van der Waals surface area contributed by atoms with Gasteiger partial charge in [-0.3, -0.25) is 10.4 Å². The van der Waals surface area contributed by atoms with Gasteiger partial charge >= 0.3 is 0 Å². The second-order valence-corrected chi connectivity index (χ2v) is 2.78. The minimum Gasteiger partial charge on any atom is -0.390 e. The number of benzene rings is 1. The molecule has 0 unspecified atom stereocenters. The molecule has 4 heteroatoms. The molecular weight excluding hydrogens is 188 g/mol. The van der Waals surface area contributed by atoms with Crippen LogP contribution < -0.4 is 11.5 Å². The van der Waals surface area contributed by atoms with E-state index in [4.69, 9.17) is 16.9 Å². The molecule has 0 saturated carbocycles. The van der Waals surface area contributed by atoms with Crippen molar-refractivity contribution in [3.05, 3.63) is 35.4 Å². The molecule has 15 heavy (non-hydrogen) atoms. The molecule has 0 radical (unpaired) electrons. The molecule has 0 saturated heterocycles. The van der Waals surface area contributed by atoms with Gasteiger partial charge in [-0.05, 0) is 12.1 Å². The molecule has 1 aromatic rings. The van der Waals surface area contributed by atoms with Gasteiger partial charge in [-0.25, -0.2) is 0 Å². The molecule has 0 fully saturated rings. The van der Waals surface area contributed by atoms with Crippen molar-refractivity contribution in [2.45, 2.75) is 0 Å². The number of nitrogens with two attached hydrogens (primary N) is 2. The Kier molecular flexibility index (Phi) is 3.92. The number of hydrogen-bond acceptors (Lipinski definition) is 2. The van der Waals surface area contributed by atoms with Crippen molar-refractivity contribution in [1.29, 1.82) is 5.41 Å². The maximum Gasteiger partial charge on any atom is 0.122 e. The average Bonchev–Trinajstić information content (AvgIpc) is 2.25. The molecule has 1 rings (SSSR count). The summed E-state index contributed by atoms with van der Waals surface area (Å²) in [4.78, 5) is 3.76. The van der Waals surface area contributed by atoms with Gasteiger partial charge < -0.3 is 11.5 Å². The van der Waals surface area contributed by atoms with Crippen LogP contribution in [0.1, 0.15) is 11.1 Å². The standard InChI is InChI=1S/C11H12N4/c12-8-15-7-1-2-9-3-5-10(6-4-9)11(13)14/h3-6,8H,7H2,(H2,12,15)(H3,13,14). The third-order valence-electron chi connectivity index (χ3n) is 1.70. The lowest BCUT2D eigenvalue weighted by Crippen LogP contribution is -2.10. The minimum atomic E-state index is 0.0576. The summed E-state index contributed by atoms with van der Waals surface area (Å²) in [5.74, 6) is 5.81. The molecule has 0 bridgehead atoms. The predicted octanol–water partition coefficient (Wildman–Crippen LogP) is 0.309. The lowest BCUT2D eigenvalue weighted by atomic mass is 10.1. The van der Waals surface area contributed by atoms with Crippen LogP contribution in [0.25, 0.3) is 0 Å². The quantitative estimate of drug-likeness (QED) is 0.364. The highest BCUT2D eigenvalue weighted by atomic mass is 14.8. The smallest absolute Gasteiger partial charge is 0.122 e. The molecule has 0 aliphatic rings. The summed E-state index contributed by atoms with van der Waals surface area (Å²) in [7, 11) is 0. The number of nitrogens with zero attached hydrogens (tertiary/aromatic N) is 1. The highest BCUT2D eigenvalue weighted by Crippen LogP contribution is 2.01. The molecule has 0 atom stereocenters. The summed E-state index contributed by atoms with van der Waals surface area (Å²) >= 11 is 0. The van der Waals surface area contributed by atoms with E-state index < -0.39 is 0 Å². The van der Waals surface area contributed by atoms with E-state index in [-0.39, 0.29) is 5.84 Å². The summed E-state index contributed by atoms with van der Waals surface area (Å²) in [6.45, 7) is 0.394. The van der Waals surface area contributed by atoms with Crippen LogP contribution in [0, 0.1) is 17.3 Å². The van der Waals surface area contributed by atoms with Crippen LogP contribution in [0.2, 0.25) is 0 Å². The van der Waals surface area contributed by atoms with Crippen molar-refractivity contribution in [2.24, 2.45) is 16.5 Å². The number of aliphatic imine (C=N–C) groups is 1. The van der Waals surface area contributed by atoms with Crippen molar-refractivity contribution >= 4 is 12.2 Å². The van der Waals surface area contributed by atoms with Crippen LogP contribution in [-0.4, -0.2) is 18.7 Å². The van der Waals surface area contributed by atoms with E-state index in [0.717, 1.165) is 5.56 Å². The predicted molar refractivity (Wildman–Crippen MR) is 61.9 cm³/mol. The molecular formula is C11H12N4. The fourth-order valence-electron chi connectivity index (χ4n) is 0.973. The normalized spacial score (nSPS) is 9.60. The van der Waals surface area contributed by atoms with Gasteiger partial charge in [0.15, 0.2) is 0 Å². The van der Waals surface area contributed by atoms with E-state index in [0.29, 0.717) is 12.1 Å². The number of nitrogens with one attached hydrogen (secondary N) is 1. The second-order valence-electron chi connectivity index (χ2n) is 2.78. The number of amidine groups is 1. The lowest BCUT2D eigenvalue weighted by molar-refractivity contribution is 1.29. The largest absolute Gasteiger partial charge is 0.390 e. The third kappa shape index (κ3) is 3.53. The molecule has 0 heterocycles. The van der Waals surface area contributed by atoms with E-state index in [1.807, 2.05) is 12.1 Å². The first-order valence-electron chi connectivity index (χ1n) is 4.37. The molecule has 0 amide bonds. The molecule has 0 spiro atoms. The van der Waals surface area contributed by atoms with Gasteiger partial charge in [-0.2, -0.15) is 0 Å². The minimum absolute atomic E-state index is 0.0576. The maximum atomic E-state index is 7.21. The molecule has 0 aromatic heterocycles. The van der Waals surface area contributed by atoms with Crippen LogP contribution in [0.5, 0.6) is 0 Å². The van der Waals surface area contributed by atoms with E-state index in [1.54, 1.807) is 12.1 Å². The SMILES string of the molecule is N=C(N)c1ccc(C#CCN=CN)cc1. The van der Waals surface area contributed by atoms with Crippen molar-refractivity contribution < 1.29 is 0 Å². The molecule has 76 valence electrons. The van der Waals surface area contributed by atoms with Crippen LogP contribution >= 0.6 is 0 Å². The highest BCUT2D eigenvalue weighted by molar-refractivity contribution is 5.94. The Bertz CT molecular complexity index is 420. The van der Waals surface area contributed by atoms with Crippen molar-refractivity contribution in [3.8, 4) is 11.8 Å². The summed E-state index contributed by atoms with van der Waals surface area (Å²) in [5, 5.41) is 7.21. The summed E-state index contributed by atoms with van der Waals surface area (Å²) in [6.07, 6.45) is 1.23. The summed E-state index contributed by atoms with van der Waals surface area (Å²) in [5.41, 5.74) is 11.9. The molecule has 0 aliphatic heterocycles. The monoisotopic (exact) mass is 200 g/mol. The summed E-state index contributed by atoms with van der Waals surface area (Å²) in [6, 6.07) is 7.16. The van der Waals surface area contributed by atoms with Crippen LogP contribution in [0.15, 0.2) is 29.3 Å². The van der Waals surface area contributed by atoms with E-state index in [2.05, 4.69) is 16.8 Å². The third-order valence-corrected chi connectivity index (χ3v) is 1.70. The number of nitrogen functional groups attached to an aromatic ring is 1.